The fourth-order valence-corrected chi connectivity index (χ4v) is 2.25. The highest BCUT2D eigenvalue weighted by Gasteiger charge is 2.08. The van der Waals surface area contributed by atoms with E-state index in [2.05, 4.69) is 26.3 Å². The number of hydrogen-bond acceptors (Lipinski definition) is 3. The zero-order valence-corrected chi connectivity index (χ0v) is 11.4. The molecule has 1 aromatic carbocycles. The summed E-state index contributed by atoms with van der Waals surface area (Å²) in [5, 5.41) is 7.20. The van der Waals surface area contributed by atoms with Crippen LogP contribution >= 0.6 is 15.9 Å². The Balaban J connectivity index is 2.35. The number of rotatable bonds is 4. The van der Waals surface area contributed by atoms with Crippen molar-refractivity contribution < 1.29 is 4.79 Å². The zero-order valence-electron chi connectivity index (χ0n) is 9.85. The second-order valence-corrected chi connectivity index (χ2v) is 4.68. The third-order valence-corrected chi connectivity index (χ3v) is 3.12. The largest absolute Gasteiger partial charge is 0.364 e. The quantitative estimate of drug-likeness (QED) is 0.898. The van der Waals surface area contributed by atoms with E-state index in [0.717, 1.165) is 22.3 Å². The number of benzene rings is 1. The van der Waals surface area contributed by atoms with E-state index in [-0.39, 0.29) is 5.69 Å². The number of halogens is 1. The van der Waals surface area contributed by atoms with Crippen LogP contribution in [0.15, 0.2) is 34.9 Å². The van der Waals surface area contributed by atoms with Crippen LogP contribution in [0.2, 0.25) is 0 Å². The van der Waals surface area contributed by atoms with Crippen molar-refractivity contribution in [2.75, 3.05) is 7.05 Å². The summed E-state index contributed by atoms with van der Waals surface area (Å²) in [6.07, 6.45) is 1.71. The summed E-state index contributed by atoms with van der Waals surface area (Å²) in [4.78, 5) is 11.0. The molecule has 2 aromatic rings. The fourth-order valence-electron chi connectivity index (χ4n) is 1.64. The number of carbonyl (C=O) groups is 1. The van der Waals surface area contributed by atoms with Crippen LogP contribution in [0, 0.1) is 0 Å². The van der Waals surface area contributed by atoms with Crippen molar-refractivity contribution in [3.05, 3.63) is 46.2 Å². The van der Waals surface area contributed by atoms with Gasteiger partial charge in [0.15, 0.2) is 0 Å². The van der Waals surface area contributed by atoms with Crippen molar-refractivity contribution in [3.8, 4) is 5.69 Å². The molecule has 0 aliphatic rings. The van der Waals surface area contributed by atoms with Crippen LogP contribution < -0.4 is 11.1 Å². The number of nitrogens with zero attached hydrogens (tertiary/aromatic N) is 2. The van der Waals surface area contributed by atoms with Crippen LogP contribution in [-0.4, -0.2) is 22.7 Å². The van der Waals surface area contributed by atoms with Gasteiger partial charge in [-0.25, -0.2) is 4.68 Å². The molecular formula is C12H13BrN4O. The second kappa shape index (κ2) is 5.32. The molecule has 18 heavy (non-hydrogen) atoms. The van der Waals surface area contributed by atoms with E-state index in [1.54, 1.807) is 16.9 Å². The van der Waals surface area contributed by atoms with E-state index in [4.69, 9.17) is 5.73 Å². The topological polar surface area (TPSA) is 72.9 Å². The molecule has 1 amide bonds. The third-order valence-electron chi connectivity index (χ3n) is 2.48. The maximum atomic E-state index is 11.0. The Hall–Kier alpha value is -1.66. The maximum absolute atomic E-state index is 11.0. The van der Waals surface area contributed by atoms with E-state index in [9.17, 15) is 4.79 Å². The molecule has 3 N–H and O–H groups in total. The first-order valence-electron chi connectivity index (χ1n) is 5.40. The predicted octanol–water partition coefficient (Wildman–Crippen LogP) is 1.45. The maximum Gasteiger partial charge on any atom is 0.269 e. The lowest BCUT2D eigenvalue weighted by Crippen LogP contribution is -2.12. The first-order valence-corrected chi connectivity index (χ1v) is 6.20. The number of hydrogen-bond donors (Lipinski definition) is 2. The number of amides is 1. The van der Waals surface area contributed by atoms with Crippen molar-refractivity contribution in [2.45, 2.75) is 6.54 Å². The molecule has 0 atom stereocenters. The van der Waals surface area contributed by atoms with Gasteiger partial charge in [0.25, 0.3) is 5.91 Å². The smallest absolute Gasteiger partial charge is 0.269 e. The molecule has 0 saturated heterocycles. The summed E-state index contributed by atoms with van der Waals surface area (Å²) >= 11 is 3.50. The van der Waals surface area contributed by atoms with Crippen molar-refractivity contribution in [1.82, 2.24) is 15.1 Å². The highest BCUT2D eigenvalue weighted by atomic mass is 79.9. The van der Waals surface area contributed by atoms with Crippen LogP contribution in [0.25, 0.3) is 5.69 Å². The molecule has 1 heterocycles. The van der Waals surface area contributed by atoms with E-state index in [1.807, 2.05) is 25.2 Å². The summed E-state index contributed by atoms with van der Waals surface area (Å²) < 4.78 is 2.53. The van der Waals surface area contributed by atoms with E-state index in [1.165, 1.54) is 0 Å². The summed E-state index contributed by atoms with van der Waals surface area (Å²) in [5.74, 6) is -0.531. The van der Waals surface area contributed by atoms with Gasteiger partial charge in [0, 0.05) is 17.2 Å². The van der Waals surface area contributed by atoms with Gasteiger partial charge >= 0.3 is 0 Å². The lowest BCUT2D eigenvalue weighted by molar-refractivity contribution is 0.0995. The SMILES string of the molecule is CNCc1ccc(-n2ccc(C(N)=O)n2)c(Br)c1. The van der Waals surface area contributed by atoms with E-state index in [0.29, 0.717) is 0 Å². The highest BCUT2D eigenvalue weighted by Crippen LogP contribution is 2.22. The highest BCUT2D eigenvalue weighted by molar-refractivity contribution is 9.10. The predicted molar refractivity (Wildman–Crippen MR) is 72.5 cm³/mol. The van der Waals surface area contributed by atoms with Gasteiger partial charge in [-0.3, -0.25) is 4.79 Å². The Morgan fingerprint density at radius 2 is 2.28 bits per heavy atom. The van der Waals surface area contributed by atoms with Crippen LogP contribution in [0.5, 0.6) is 0 Å². The molecule has 2 rings (SSSR count). The van der Waals surface area contributed by atoms with Crippen LogP contribution in [-0.2, 0) is 6.54 Å². The van der Waals surface area contributed by atoms with Gasteiger partial charge in [-0.05, 0) is 46.7 Å². The van der Waals surface area contributed by atoms with Crippen LogP contribution in [0.3, 0.4) is 0 Å². The lowest BCUT2D eigenvalue weighted by atomic mass is 10.2. The van der Waals surface area contributed by atoms with Crippen LogP contribution in [0.4, 0.5) is 0 Å². The summed E-state index contributed by atoms with van der Waals surface area (Å²) in [5.41, 5.74) is 7.45. The molecule has 0 radical (unpaired) electrons. The first kappa shape index (κ1) is 12.8. The summed E-state index contributed by atoms with van der Waals surface area (Å²) in [6.45, 7) is 0.796. The Bertz CT molecular complexity index is 579. The van der Waals surface area contributed by atoms with Gasteiger partial charge in [0.05, 0.1) is 5.69 Å². The summed E-state index contributed by atoms with van der Waals surface area (Å²) in [6, 6.07) is 7.55. The summed E-state index contributed by atoms with van der Waals surface area (Å²) in [7, 11) is 1.90. The fraction of sp³-hybridized carbons (Fsp3) is 0.167. The molecule has 0 fully saturated rings. The van der Waals surface area contributed by atoms with Crippen molar-refractivity contribution in [1.29, 1.82) is 0 Å². The minimum absolute atomic E-state index is 0.251. The standard InChI is InChI=1S/C12H13BrN4O/c1-15-7-8-2-3-11(9(13)6-8)17-5-4-10(16-17)12(14)18/h2-6,15H,7H2,1H3,(H2,14,18). The lowest BCUT2D eigenvalue weighted by Gasteiger charge is -2.07. The molecule has 5 nitrogen and oxygen atoms in total. The zero-order chi connectivity index (χ0) is 13.1. The van der Waals surface area contributed by atoms with Crippen molar-refractivity contribution >= 4 is 21.8 Å². The van der Waals surface area contributed by atoms with Crippen molar-refractivity contribution in [2.24, 2.45) is 5.73 Å². The second-order valence-electron chi connectivity index (χ2n) is 3.83. The van der Waals surface area contributed by atoms with Gasteiger partial charge in [0.2, 0.25) is 0 Å². The average Bonchev–Trinajstić information content (AvgIpc) is 2.79. The normalized spacial score (nSPS) is 10.6. The monoisotopic (exact) mass is 308 g/mol. The van der Waals surface area contributed by atoms with Gasteiger partial charge in [-0.2, -0.15) is 5.10 Å². The van der Waals surface area contributed by atoms with Crippen LogP contribution in [0.1, 0.15) is 16.1 Å². The van der Waals surface area contributed by atoms with Gasteiger partial charge in [-0.1, -0.05) is 6.07 Å². The van der Waals surface area contributed by atoms with Gasteiger partial charge in [0.1, 0.15) is 5.69 Å². The number of nitrogens with two attached hydrogens (primary N) is 1. The Morgan fingerprint density at radius 3 is 2.83 bits per heavy atom. The number of aromatic nitrogens is 2. The Kier molecular flexibility index (Phi) is 3.78. The average molecular weight is 309 g/mol. The molecule has 0 unspecified atom stereocenters. The van der Waals surface area contributed by atoms with E-state index < -0.39 is 5.91 Å². The van der Waals surface area contributed by atoms with Gasteiger partial charge in [-0.15, -0.1) is 0 Å². The minimum Gasteiger partial charge on any atom is -0.364 e. The number of primary amides is 1. The molecule has 1 aromatic heterocycles. The molecule has 94 valence electrons. The molecule has 0 aliphatic carbocycles. The Labute approximate surface area is 113 Å². The van der Waals surface area contributed by atoms with Gasteiger partial charge < -0.3 is 11.1 Å². The molecule has 0 bridgehead atoms. The Morgan fingerprint density at radius 1 is 1.50 bits per heavy atom. The molecular weight excluding hydrogens is 296 g/mol. The third kappa shape index (κ3) is 2.60. The van der Waals surface area contributed by atoms with Crippen molar-refractivity contribution in [3.63, 3.8) is 0 Å². The molecule has 0 spiro atoms. The number of carbonyl (C=O) groups excluding carboxylic acids is 1. The van der Waals surface area contributed by atoms with E-state index >= 15 is 0 Å². The number of nitrogens with one attached hydrogen (secondary N) is 1. The molecule has 0 aliphatic heterocycles. The molecule has 6 heteroatoms. The first-order chi connectivity index (χ1) is 8.61. The minimum atomic E-state index is -0.531. The molecule has 0 saturated carbocycles.